The van der Waals surface area contributed by atoms with Gasteiger partial charge in [0, 0.05) is 22.7 Å². The molecule has 1 aliphatic rings. The molecule has 0 radical (unpaired) electrons. The first-order chi connectivity index (χ1) is 11.8. The normalized spacial score (nSPS) is 17.3. The first-order valence-electron chi connectivity index (χ1n) is 8.93. The van der Waals surface area contributed by atoms with Crippen molar-refractivity contribution in [1.29, 1.82) is 0 Å². The van der Waals surface area contributed by atoms with Crippen molar-refractivity contribution in [3.63, 3.8) is 0 Å². The Bertz CT molecular complexity index is 598. The van der Waals surface area contributed by atoms with Gasteiger partial charge < -0.3 is 10.6 Å². The third-order valence-corrected chi connectivity index (χ3v) is 5.04. The molecule has 138 valence electrons. The number of rotatable bonds is 6. The Labute approximate surface area is 155 Å². The molecule has 1 heterocycles. The van der Waals surface area contributed by atoms with Gasteiger partial charge in [-0.3, -0.25) is 14.5 Å². The molecular formula is C19H28ClN3O2. The maximum atomic E-state index is 12.3. The fraction of sp³-hybridized carbons (Fsp3) is 0.579. The average molecular weight is 366 g/mol. The van der Waals surface area contributed by atoms with Gasteiger partial charge in [-0.15, -0.1) is 0 Å². The van der Waals surface area contributed by atoms with E-state index in [1.54, 1.807) is 18.2 Å². The van der Waals surface area contributed by atoms with Crippen LogP contribution >= 0.6 is 11.6 Å². The summed E-state index contributed by atoms with van der Waals surface area (Å²) in [5, 5.41) is 6.55. The molecule has 0 saturated carbocycles. The molecule has 0 aliphatic carbocycles. The van der Waals surface area contributed by atoms with Crippen LogP contribution < -0.4 is 10.6 Å². The quantitative estimate of drug-likeness (QED) is 0.814. The third-order valence-electron chi connectivity index (χ3n) is 4.80. The number of carbonyl (C=O) groups excluding carboxylic acids is 2. The Kier molecular flexibility index (Phi) is 7.26. The maximum Gasteiger partial charge on any atom is 0.238 e. The Balaban J connectivity index is 1.74. The van der Waals surface area contributed by atoms with Gasteiger partial charge in [-0.1, -0.05) is 31.5 Å². The number of nitrogens with one attached hydrogen (secondary N) is 2. The van der Waals surface area contributed by atoms with Crippen molar-refractivity contribution in [2.24, 2.45) is 11.8 Å². The van der Waals surface area contributed by atoms with Crippen molar-refractivity contribution in [2.75, 3.05) is 25.0 Å². The molecule has 2 rings (SSSR count). The van der Waals surface area contributed by atoms with E-state index in [4.69, 9.17) is 11.6 Å². The SMILES string of the molecule is CC(C)C(C)NC(=O)C1CCN(CC(=O)Nc2cccc(Cl)c2)CC1. The summed E-state index contributed by atoms with van der Waals surface area (Å²) < 4.78 is 0. The van der Waals surface area contributed by atoms with E-state index >= 15 is 0 Å². The van der Waals surface area contributed by atoms with Gasteiger partial charge in [-0.2, -0.15) is 0 Å². The van der Waals surface area contributed by atoms with Crippen LogP contribution in [0.2, 0.25) is 5.02 Å². The van der Waals surface area contributed by atoms with E-state index in [1.165, 1.54) is 0 Å². The number of anilines is 1. The molecular weight excluding hydrogens is 338 g/mol. The summed E-state index contributed by atoms with van der Waals surface area (Å²) >= 11 is 5.92. The fourth-order valence-corrected chi connectivity index (χ4v) is 3.02. The van der Waals surface area contributed by atoms with E-state index in [1.807, 2.05) is 13.0 Å². The van der Waals surface area contributed by atoms with Crippen LogP contribution in [0, 0.1) is 11.8 Å². The topological polar surface area (TPSA) is 61.4 Å². The van der Waals surface area contributed by atoms with Crippen LogP contribution in [0.5, 0.6) is 0 Å². The van der Waals surface area contributed by atoms with Crippen LogP contribution in [0.1, 0.15) is 33.6 Å². The summed E-state index contributed by atoms with van der Waals surface area (Å²) in [4.78, 5) is 26.5. The number of amides is 2. The summed E-state index contributed by atoms with van der Waals surface area (Å²) in [7, 11) is 0. The molecule has 0 spiro atoms. The number of benzene rings is 1. The lowest BCUT2D eigenvalue weighted by molar-refractivity contribution is -0.127. The van der Waals surface area contributed by atoms with E-state index in [0.717, 1.165) is 25.9 Å². The number of likely N-dealkylation sites (tertiary alicyclic amines) is 1. The predicted octanol–water partition coefficient (Wildman–Crippen LogP) is 3.15. The van der Waals surface area contributed by atoms with Gasteiger partial charge in [-0.05, 0) is 57.0 Å². The van der Waals surface area contributed by atoms with Gasteiger partial charge in [0.25, 0.3) is 0 Å². The molecule has 1 aliphatic heterocycles. The van der Waals surface area contributed by atoms with Crippen molar-refractivity contribution >= 4 is 29.1 Å². The minimum absolute atomic E-state index is 0.0495. The summed E-state index contributed by atoms with van der Waals surface area (Å²) in [6.07, 6.45) is 1.59. The minimum atomic E-state index is -0.0569. The van der Waals surface area contributed by atoms with Crippen LogP contribution in [0.25, 0.3) is 0 Å². The zero-order valence-electron chi connectivity index (χ0n) is 15.2. The lowest BCUT2D eigenvalue weighted by Gasteiger charge is -2.31. The molecule has 1 fully saturated rings. The smallest absolute Gasteiger partial charge is 0.238 e. The van der Waals surface area contributed by atoms with Crippen LogP contribution in [-0.2, 0) is 9.59 Å². The zero-order valence-corrected chi connectivity index (χ0v) is 16.0. The second-order valence-electron chi connectivity index (χ2n) is 7.15. The highest BCUT2D eigenvalue weighted by molar-refractivity contribution is 6.30. The number of hydrogen-bond acceptors (Lipinski definition) is 3. The van der Waals surface area contributed by atoms with Crippen molar-refractivity contribution in [1.82, 2.24) is 10.2 Å². The van der Waals surface area contributed by atoms with Crippen molar-refractivity contribution < 1.29 is 9.59 Å². The highest BCUT2D eigenvalue weighted by atomic mass is 35.5. The van der Waals surface area contributed by atoms with Crippen LogP contribution in [0.15, 0.2) is 24.3 Å². The van der Waals surface area contributed by atoms with Gasteiger partial charge in [0.2, 0.25) is 11.8 Å². The molecule has 6 heteroatoms. The third kappa shape index (κ3) is 6.33. The van der Waals surface area contributed by atoms with Gasteiger partial charge in [-0.25, -0.2) is 0 Å². The number of nitrogens with zero attached hydrogens (tertiary/aromatic N) is 1. The molecule has 5 nitrogen and oxygen atoms in total. The maximum absolute atomic E-state index is 12.3. The molecule has 1 aromatic carbocycles. The predicted molar refractivity (Wildman–Crippen MR) is 102 cm³/mol. The summed E-state index contributed by atoms with van der Waals surface area (Å²) in [5.74, 6) is 0.565. The monoisotopic (exact) mass is 365 g/mol. The van der Waals surface area contributed by atoms with Gasteiger partial charge in [0.1, 0.15) is 0 Å². The standard InChI is InChI=1S/C19H28ClN3O2/c1-13(2)14(3)21-19(25)15-7-9-23(10-8-15)12-18(24)22-17-6-4-5-16(20)11-17/h4-6,11,13-15H,7-10,12H2,1-3H3,(H,21,25)(H,22,24). The van der Waals surface area contributed by atoms with Crippen LogP contribution in [-0.4, -0.2) is 42.4 Å². The first-order valence-corrected chi connectivity index (χ1v) is 9.31. The van der Waals surface area contributed by atoms with E-state index in [0.29, 0.717) is 23.2 Å². The fourth-order valence-electron chi connectivity index (χ4n) is 2.83. The number of carbonyl (C=O) groups is 2. The zero-order chi connectivity index (χ0) is 18.4. The van der Waals surface area contributed by atoms with Gasteiger partial charge in [0.05, 0.1) is 6.54 Å². The number of halogens is 1. The summed E-state index contributed by atoms with van der Waals surface area (Å²) in [5.41, 5.74) is 0.703. The van der Waals surface area contributed by atoms with Crippen LogP contribution in [0.3, 0.4) is 0 Å². The molecule has 2 amide bonds. The van der Waals surface area contributed by atoms with Gasteiger partial charge >= 0.3 is 0 Å². The molecule has 1 unspecified atom stereocenters. The van der Waals surface area contributed by atoms with E-state index in [-0.39, 0.29) is 23.8 Å². The second-order valence-corrected chi connectivity index (χ2v) is 7.59. The molecule has 0 bridgehead atoms. The molecule has 25 heavy (non-hydrogen) atoms. The Morgan fingerprint density at radius 1 is 1.24 bits per heavy atom. The first kappa shape index (κ1) is 19.7. The Morgan fingerprint density at radius 2 is 1.92 bits per heavy atom. The molecule has 0 aromatic heterocycles. The highest BCUT2D eigenvalue weighted by Crippen LogP contribution is 2.19. The lowest BCUT2D eigenvalue weighted by Crippen LogP contribution is -2.45. The Hall–Kier alpha value is -1.59. The molecule has 2 N–H and O–H groups in total. The van der Waals surface area contributed by atoms with E-state index in [9.17, 15) is 9.59 Å². The largest absolute Gasteiger partial charge is 0.353 e. The molecule has 1 saturated heterocycles. The highest BCUT2D eigenvalue weighted by Gasteiger charge is 2.27. The van der Waals surface area contributed by atoms with E-state index in [2.05, 4.69) is 29.4 Å². The van der Waals surface area contributed by atoms with Crippen LogP contribution in [0.4, 0.5) is 5.69 Å². The number of piperidine rings is 1. The lowest BCUT2D eigenvalue weighted by atomic mass is 9.95. The van der Waals surface area contributed by atoms with Crippen molar-refractivity contribution in [3.8, 4) is 0 Å². The van der Waals surface area contributed by atoms with Gasteiger partial charge in [0.15, 0.2) is 0 Å². The molecule has 1 atom stereocenters. The van der Waals surface area contributed by atoms with Crippen molar-refractivity contribution in [2.45, 2.75) is 39.7 Å². The number of hydrogen-bond donors (Lipinski definition) is 2. The average Bonchev–Trinajstić information content (AvgIpc) is 2.55. The summed E-state index contributed by atoms with van der Waals surface area (Å²) in [6, 6.07) is 7.31. The Morgan fingerprint density at radius 3 is 2.52 bits per heavy atom. The second kappa shape index (κ2) is 9.20. The van der Waals surface area contributed by atoms with Crippen molar-refractivity contribution in [3.05, 3.63) is 29.3 Å². The minimum Gasteiger partial charge on any atom is -0.353 e. The molecule has 1 aromatic rings. The summed E-state index contributed by atoms with van der Waals surface area (Å²) in [6.45, 7) is 8.10. The van der Waals surface area contributed by atoms with E-state index < -0.39 is 0 Å².